The molecular weight excluding hydrogens is 394 g/mol. The molecule has 4 rings (SSSR count). The van der Waals surface area contributed by atoms with Crippen molar-refractivity contribution in [2.45, 2.75) is 19.9 Å². The van der Waals surface area contributed by atoms with E-state index in [-0.39, 0.29) is 16.9 Å². The van der Waals surface area contributed by atoms with Crippen LogP contribution in [0.2, 0.25) is 0 Å². The van der Waals surface area contributed by atoms with Gasteiger partial charge < -0.3 is 0 Å². The first-order valence-electron chi connectivity index (χ1n) is 8.84. The summed E-state index contributed by atoms with van der Waals surface area (Å²) in [5.74, 6) is -0.500. The number of nitro groups is 1. The molecule has 29 heavy (non-hydrogen) atoms. The number of nitro benzene ring substituents is 1. The van der Waals surface area contributed by atoms with Crippen molar-refractivity contribution in [3.05, 3.63) is 68.6 Å². The highest BCUT2D eigenvalue weighted by molar-refractivity contribution is 7.22. The van der Waals surface area contributed by atoms with E-state index in [0.717, 1.165) is 11.3 Å². The molecule has 0 radical (unpaired) electrons. The second-order valence-corrected chi connectivity index (χ2v) is 7.34. The number of carbonyl (C=O) groups is 1. The van der Waals surface area contributed by atoms with Crippen molar-refractivity contribution >= 4 is 49.1 Å². The lowest BCUT2D eigenvalue weighted by molar-refractivity contribution is -0.384. The molecule has 0 unspecified atom stereocenters. The van der Waals surface area contributed by atoms with Gasteiger partial charge in [-0.05, 0) is 18.6 Å². The third-order valence-corrected chi connectivity index (χ3v) is 5.26. The lowest BCUT2D eigenvalue weighted by atomic mass is 10.1. The number of amides is 1. The Labute approximate surface area is 167 Å². The van der Waals surface area contributed by atoms with Gasteiger partial charge in [0.05, 0.1) is 20.5 Å². The molecule has 10 heteroatoms. The predicted molar refractivity (Wildman–Crippen MR) is 111 cm³/mol. The number of non-ortho nitro benzene ring substituents is 1. The van der Waals surface area contributed by atoms with Crippen molar-refractivity contribution in [2.75, 3.05) is 5.32 Å². The molecule has 2 aromatic heterocycles. The first-order chi connectivity index (χ1) is 14.0. The average molecular weight is 409 g/mol. The molecule has 0 saturated heterocycles. The Kier molecular flexibility index (Phi) is 4.77. The number of carbonyl (C=O) groups excluding carboxylic acids is 1. The normalized spacial score (nSPS) is 11.1. The summed E-state index contributed by atoms with van der Waals surface area (Å²) in [5.41, 5.74) is 0.383. The van der Waals surface area contributed by atoms with Crippen LogP contribution in [0.3, 0.4) is 0 Å². The first-order valence-corrected chi connectivity index (χ1v) is 9.65. The van der Waals surface area contributed by atoms with Crippen molar-refractivity contribution in [2.24, 2.45) is 0 Å². The monoisotopic (exact) mass is 409 g/mol. The topological polar surface area (TPSA) is 120 Å². The van der Waals surface area contributed by atoms with E-state index in [1.54, 1.807) is 24.3 Å². The van der Waals surface area contributed by atoms with E-state index in [1.165, 1.54) is 22.9 Å². The van der Waals surface area contributed by atoms with E-state index in [9.17, 15) is 19.7 Å². The number of benzene rings is 2. The third kappa shape index (κ3) is 3.45. The summed E-state index contributed by atoms with van der Waals surface area (Å²) in [5, 5.41) is 19.1. The van der Waals surface area contributed by atoms with Crippen LogP contribution in [-0.4, -0.2) is 25.6 Å². The molecule has 0 bridgehead atoms. The highest BCUT2D eigenvalue weighted by Crippen LogP contribution is 2.29. The van der Waals surface area contributed by atoms with Gasteiger partial charge in [-0.2, -0.15) is 5.10 Å². The van der Waals surface area contributed by atoms with E-state index in [1.807, 2.05) is 6.92 Å². The Hall–Kier alpha value is -3.66. The SMILES string of the molecule is CCCn1nc(C(=O)Nc2nc3ccc([N+](=O)[O-])cc3s2)c2ccccc2c1=O. The Morgan fingerprint density at radius 1 is 1.24 bits per heavy atom. The quantitative estimate of drug-likeness (QED) is 0.397. The second-order valence-electron chi connectivity index (χ2n) is 6.30. The van der Waals surface area contributed by atoms with Gasteiger partial charge in [-0.25, -0.2) is 9.67 Å². The molecule has 4 aromatic rings. The van der Waals surface area contributed by atoms with E-state index in [2.05, 4.69) is 15.4 Å². The van der Waals surface area contributed by atoms with Crippen molar-refractivity contribution in [1.82, 2.24) is 14.8 Å². The smallest absolute Gasteiger partial charge is 0.278 e. The number of aryl methyl sites for hydroxylation is 1. The van der Waals surface area contributed by atoms with Crippen LogP contribution in [0.25, 0.3) is 21.0 Å². The van der Waals surface area contributed by atoms with Gasteiger partial charge in [-0.1, -0.05) is 36.5 Å². The van der Waals surface area contributed by atoms with Gasteiger partial charge in [0.2, 0.25) is 0 Å². The van der Waals surface area contributed by atoms with Crippen LogP contribution in [0.15, 0.2) is 47.3 Å². The maximum absolute atomic E-state index is 12.9. The van der Waals surface area contributed by atoms with Crippen molar-refractivity contribution in [3.63, 3.8) is 0 Å². The van der Waals surface area contributed by atoms with Crippen LogP contribution in [0, 0.1) is 10.1 Å². The number of aromatic nitrogens is 3. The Balaban J connectivity index is 1.74. The van der Waals surface area contributed by atoms with E-state index in [4.69, 9.17) is 0 Å². The summed E-state index contributed by atoms with van der Waals surface area (Å²) in [6, 6.07) is 11.1. The van der Waals surface area contributed by atoms with E-state index < -0.39 is 10.8 Å². The number of thiazole rings is 1. The summed E-state index contributed by atoms with van der Waals surface area (Å²) in [4.78, 5) is 40.2. The summed E-state index contributed by atoms with van der Waals surface area (Å²) >= 11 is 1.13. The van der Waals surface area contributed by atoms with Crippen molar-refractivity contribution in [3.8, 4) is 0 Å². The number of nitrogens with one attached hydrogen (secondary N) is 1. The van der Waals surface area contributed by atoms with Crippen LogP contribution in [0.4, 0.5) is 10.8 Å². The fraction of sp³-hybridized carbons (Fsp3) is 0.158. The van der Waals surface area contributed by atoms with Gasteiger partial charge in [0.25, 0.3) is 17.2 Å². The van der Waals surface area contributed by atoms with Crippen LogP contribution >= 0.6 is 11.3 Å². The van der Waals surface area contributed by atoms with Crippen molar-refractivity contribution < 1.29 is 9.72 Å². The average Bonchev–Trinajstić information content (AvgIpc) is 3.11. The van der Waals surface area contributed by atoms with Crippen molar-refractivity contribution in [1.29, 1.82) is 0 Å². The predicted octanol–water partition coefficient (Wildman–Crippen LogP) is 3.58. The molecule has 0 saturated carbocycles. The molecule has 1 amide bonds. The van der Waals surface area contributed by atoms with Gasteiger partial charge in [-0.3, -0.25) is 25.0 Å². The second kappa shape index (κ2) is 7.40. The van der Waals surface area contributed by atoms with Gasteiger partial charge in [-0.15, -0.1) is 0 Å². The Bertz CT molecular complexity index is 1330. The zero-order chi connectivity index (χ0) is 20.5. The number of hydrogen-bond donors (Lipinski definition) is 1. The molecule has 2 aromatic carbocycles. The third-order valence-electron chi connectivity index (χ3n) is 4.32. The molecule has 0 aliphatic rings. The molecule has 146 valence electrons. The molecule has 0 aliphatic carbocycles. The van der Waals surface area contributed by atoms with Gasteiger partial charge in [0.1, 0.15) is 0 Å². The standard InChI is InChI=1S/C19H15N5O4S/c1-2-9-23-18(26)13-6-4-3-5-12(13)16(22-23)17(25)21-19-20-14-8-7-11(24(27)28)10-15(14)29-19/h3-8,10H,2,9H2,1H3,(H,20,21,25). The maximum atomic E-state index is 12.9. The highest BCUT2D eigenvalue weighted by Gasteiger charge is 2.18. The molecule has 0 aliphatic heterocycles. The molecule has 0 atom stereocenters. The number of nitrogens with zero attached hydrogens (tertiary/aromatic N) is 4. The zero-order valence-electron chi connectivity index (χ0n) is 15.3. The fourth-order valence-corrected chi connectivity index (χ4v) is 3.90. The number of anilines is 1. The summed E-state index contributed by atoms with van der Waals surface area (Å²) in [6.07, 6.45) is 0.697. The molecule has 0 fully saturated rings. The molecular formula is C19H15N5O4S. The number of rotatable bonds is 5. The van der Waals surface area contributed by atoms with Gasteiger partial charge in [0.15, 0.2) is 10.8 Å². The number of hydrogen-bond acceptors (Lipinski definition) is 7. The summed E-state index contributed by atoms with van der Waals surface area (Å²) in [6.45, 7) is 2.32. The summed E-state index contributed by atoms with van der Waals surface area (Å²) in [7, 11) is 0. The van der Waals surface area contributed by atoms with Gasteiger partial charge >= 0.3 is 0 Å². The fourth-order valence-electron chi connectivity index (χ4n) is 3.00. The minimum absolute atomic E-state index is 0.0432. The minimum atomic E-state index is -0.500. The Morgan fingerprint density at radius 2 is 2.00 bits per heavy atom. The van der Waals surface area contributed by atoms with Crippen LogP contribution < -0.4 is 10.9 Å². The molecule has 1 N–H and O–H groups in total. The molecule has 2 heterocycles. The number of fused-ring (bicyclic) bond motifs is 2. The maximum Gasteiger partial charge on any atom is 0.278 e. The van der Waals surface area contributed by atoms with Crippen LogP contribution in [-0.2, 0) is 6.54 Å². The summed E-state index contributed by atoms with van der Waals surface area (Å²) < 4.78 is 1.88. The van der Waals surface area contributed by atoms with E-state index in [0.29, 0.717) is 39.1 Å². The minimum Gasteiger partial charge on any atom is -0.296 e. The lowest BCUT2D eigenvalue weighted by Crippen LogP contribution is -2.27. The largest absolute Gasteiger partial charge is 0.296 e. The highest BCUT2D eigenvalue weighted by atomic mass is 32.1. The Morgan fingerprint density at radius 3 is 2.72 bits per heavy atom. The molecule has 0 spiro atoms. The first kappa shape index (κ1) is 18.7. The van der Waals surface area contributed by atoms with Gasteiger partial charge in [0, 0.05) is 24.1 Å². The molecule has 9 nitrogen and oxygen atoms in total. The zero-order valence-corrected chi connectivity index (χ0v) is 16.1. The lowest BCUT2D eigenvalue weighted by Gasteiger charge is -2.09. The van der Waals surface area contributed by atoms with E-state index >= 15 is 0 Å². The van der Waals surface area contributed by atoms with Crippen LogP contribution in [0.5, 0.6) is 0 Å². The van der Waals surface area contributed by atoms with Crippen LogP contribution in [0.1, 0.15) is 23.8 Å².